The second kappa shape index (κ2) is 6.08. The molecule has 3 heteroatoms. The minimum Gasteiger partial charge on any atom is -0.437 e. The molecule has 0 saturated heterocycles. The van der Waals surface area contributed by atoms with E-state index in [0.717, 1.165) is 40.5 Å². The molecule has 3 heterocycles. The summed E-state index contributed by atoms with van der Waals surface area (Å²) >= 11 is 0. The van der Waals surface area contributed by atoms with Crippen molar-refractivity contribution in [3.05, 3.63) is 60.4 Å². The number of pyridine rings is 2. The summed E-state index contributed by atoms with van der Waals surface area (Å²) in [4.78, 5) is 8.94. The van der Waals surface area contributed by atoms with E-state index in [-0.39, 0.29) is 0 Å². The van der Waals surface area contributed by atoms with Gasteiger partial charge in [-0.15, -0.1) is 0 Å². The molecular weight excluding hydrogens is 296 g/mol. The second-order valence-corrected chi connectivity index (χ2v) is 6.13. The van der Waals surface area contributed by atoms with Crippen LogP contribution in [0.1, 0.15) is 38.2 Å². The van der Waals surface area contributed by atoms with Gasteiger partial charge >= 0.3 is 0 Å². The number of fused-ring (bicyclic) bond motifs is 3. The predicted molar refractivity (Wildman–Crippen MR) is 98.1 cm³/mol. The molecule has 120 valence electrons. The molecule has 3 aromatic heterocycles. The molecule has 0 N–H and O–H groups in total. The summed E-state index contributed by atoms with van der Waals surface area (Å²) in [7, 11) is 0. The second-order valence-electron chi connectivity index (χ2n) is 6.13. The Hall–Kier alpha value is -2.68. The minimum absolute atomic E-state index is 0.572. The molecule has 24 heavy (non-hydrogen) atoms. The van der Waals surface area contributed by atoms with Crippen molar-refractivity contribution in [3.8, 4) is 11.3 Å². The largest absolute Gasteiger partial charge is 0.437 e. The molecule has 0 bridgehead atoms. The lowest BCUT2D eigenvalue weighted by Crippen LogP contribution is -1.96. The van der Waals surface area contributed by atoms with Gasteiger partial charge in [0, 0.05) is 28.7 Å². The van der Waals surface area contributed by atoms with Crippen LogP contribution >= 0.6 is 0 Å². The van der Waals surface area contributed by atoms with Crippen molar-refractivity contribution in [2.45, 2.75) is 32.6 Å². The summed E-state index contributed by atoms with van der Waals surface area (Å²) in [6, 6.07) is 14.5. The van der Waals surface area contributed by atoms with E-state index in [4.69, 9.17) is 4.42 Å². The highest BCUT2D eigenvalue weighted by atomic mass is 16.3. The van der Waals surface area contributed by atoms with Crippen molar-refractivity contribution in [1.82, 2.24) is 9.97 Å². The van der Waals surface area contributed by atoms with E-state index >= 15 is 0 Å². The number of nitrogens with zero attached hydrogens (tertiary/aromatic N) is 2. The van der Waals surface area contributed by atoms with Crippen molar-refractivity contribution in [2.24, 2.45) is 0 Å². The predicted octanol–water partition coefficient (Wildman–Crippen LogP) is 5.95. The lowest BCUT2D eigenvalue weighted by atomic mass is 9.93. The zero-order chi connectivity index (χ0) is 16.5. The van der Waals surface area contributed by atoms with Gasteiger partial charge in [0.15, 0.2) is 0 Å². The Labute approximate surface area is 141 Å². The van der Waals surface area contributed by atoms with Gasteiger partial charge in [-0.1, -0.05) is 26.0 Å². The quantitative estimate of drug-likeness (QED) is 0.467. The number of furan rings is 1. The van der Waals surface area contributed by atoms with Crippen molar-refractivity contribution < 1.29 is 4.42 Å². The molecule has 0 radical (unpaired) electrons. The zero-order valence-corrected chi connectivity index (χ0v) is 14.0. The third-order valence-corrected chi connectivity index (χ3v) is 4.79. The zero-order valence-electron chi connectivity index (χ0n) is 14.0. The van der Waals surface area contributed by atoms with Gasteiger partial charge in [-0.25, -0.2) is 4.98 Å². The Morgan fingerprint density at radius 1 is 0.917 bits per heavy atom. The van der Waals surface area contributed by atoms with Crippen LogP contribution in [0.3, 0.4) is 0 Å². The molecule has 4 aromatic rings. The Morgan fingerprint density at radius 2 is 1.75 bits per heavy atom. The lowest BCUT2D eigenvalue weighted by Gasteiger charge is -2.13. The van der Waals surface area contributed by atoms with Gasteiger partial charge in [0.25, 0.3) is 0 Å². The lowest BCUT2D eigenvalue weighted by molar-refractivity contribution is 0.641. The number of hydrogen-bond acceptors (Lipinski definition) is 3. The number of aromatic nitrogens is 2. The van der Waals surface area contributed by atoms with Gasteiger partial charge in [-0.3, -0.25) is 4.98 Å². The molecule has 0 fully saturated rings. The summed E-state index contributed by atoms with van der Waals surface area (Å²) in [5.74, 6) is 0.572. The first-order valence-corrected chi connectivity index (χ1v) is 8.54. The molecule has 0 unspecified atom stereocenters. The molecule has 0 aliphatic carbocycles. The van der Waals surface area contributed by atoms with Crippen LogP contribution in [0, 0.1) is 0 Å². The van der Waals surface area contributed by atoms with Crippen molar-refractivity contribution in [1.29, 1.82) is 0 Å². The maximum Gasteiger partial charge on any atom is 0.227 e. The van der Waals surface area contributed by atoms with Crippen LogP contribution in [0.2, 0.25) is 0 Å². The van der Waals surface area contributed by atoms with Gasteiger partial charge in [-0.2, -0.15) is 0 Å². The van der Waals surface area contributed by atoms with Crippen LogP contribution in [0.5, 0.6) is 0 Å². The van der Waals surface area contributed by atoms with E-state index in [2.05, 4.69) is 54.1 Å². The van der Waals surface area contributed by atoms with Gasteiger partial charge in [0.1, 0.15) is 5.58 Å². The molecule has 0 spiro atoms. The van der Waals surface area contributed by atoms with Gasteiger partial charge in [0.2, 0.25) is 5.71 Å². The summed E-state index contributed by atoms with van der Waals surface area (Å²) < 4.78 is 6.04. The smallest absolute Gasteiger partial charge is 0.227 e. The Bertz CT molecular complexity index is 999. The van der Waals surface area contributed by atoms with Crippen molar-refractivity contribution >= 4 is 22.1 Å². The highest BCUT2D eigenvalue weighted by molar-refractivity contribution is 6.08. The highest BCUT2D eigenvalue weighted by Crippen LogP contribution is 2.35. The number of benzene rings is 1. The Balaban J connectivity index is 1.92. The molecule has 0 saturated carbocycles. The first-order valence-electron chi connectivity index (χ1n) is 8.54. The maximum atomic E-state index is 6.04. The van der Waals surface area contributed by atoms with Crippen LogP contribution in [0.15, 0.2) is 59.3 Å². The SMILES string of the molecule is CCC(CC)c1ccnc(-c2cccc3c2oc2ncccc23)c1. The van der Waals surface area contributed by atoms with Crippen molar-refractivity contribution in [3.63, 3.8) is 0 Å². The van der Waals surface area contributed by atoms with Gasteiger partial charge in [-0.05, 0) is 54.7 Å². The average molecular weight is 316 g/mol. The summed E-state index contributed by atoms with van der Waals surface area (Å²) in [6.45, 7) is 4.47. The Kier molecular flexibility index (Phi) is 3.77. The topological polar surface area (TPSA) is 38.9 Å². The highest BCUT2D eigenvalue weighted by Gasteiger charge is 2.14. The fourth-order valence-corrected chi connectivity index (χ4v) is 3.44. The van der Waals surface area contributed by atoms with E-state index in [0.29, 0.717) is 11.6 Å². The number of hydrogen-bond donors (Lipinski definition) is 0. The van der Waals surface area contributed by atoms with Crippen LogP contribution in [0.25, 0.3) is 33.3 Å². The standard InChI is InChI=1S/C21H20N2O/c1-3-14(4-2)15-10-12-22-19(13-15)18-8-5-7-16-17-9-6-11-23-21(17)24-20(16)18/h5-14H,3-4H2,1-2H3. The maximum absolute atomic E-state index is 6.04. The molecule has 0 aliphatic rings. The monoisotopic (exact) mass is 316 g/mol. The minimum atomic E-state index is 0.572. The third kappa shape index (κ3) is 2.37. The third-order valence-electron chi connectivity index (χ3n) is 4.79. The fourth-order valence-electron chi connectivity index (χ4n) is 3.44. The van der Waals surface area contributed by atoms with Crippen molar-refractivity contribution in [2.75, 3.05) is 0 Å². The Morgan fingerprint density at radius 3 is 2.58 bits per heavy atom. The molecule has 4 rings (SSSR count). The molecule has 1 aromatic carbocycles. The summed E-state index contributed by atoms with van der Waals surface area (Å²) in [6.07, 6.45) is 5.94. The first-order chi connectivity index (χ1) is 11.8. The van der Waals surface area contributed by atoms with E-state index in [1.807, 2.05) is 18.3 Å². The molecule has 3 nitrogen and oxygen atoms in total. The van der Waals surface area contributed by atoms with Gasteiger partial charge in [0.05, 0.1) is 5.69 Å². The van der Waals surface area contributed by atoms with Crippen LogP contribution in [0.4, 0.5) is 0 Å². The average Bonchev–Trinajstić information content (AvgIpc) is 3.02. The van der Waals surface area contributed by atoms with E-state index in [1.165, 1.54) is 5.56 Å². The summed E-state index contributed by atoms with van der Waals surface area (Å²) in [5.41, 5.74) is 4.87. The normalized spacial score (nSPS) is 11.6. The summed E-state index contributed by atoms with van der Waals surface area (Å²) in [5, 5.41) is 2.14. The first kappa shape index (κ1) is 14.9. The number of para-hydroxylation sites is 1. The van der Waals surface area contributed by atoms with E-state index in [1.54, 1.807) is 6.20 Å². The molecular formula is C21H20N2O. The molecule has 0 atom stereocenters. The fraction of sp³-hybridized carbons (Fsp3) is 0.238. The molecule has 0 aliphatic heterocycles. The number of rotatable bonds is 4. The van der Waals surface area contributed by atoms with Crippen LogP contribution < -0.4 is 0 Å². The van der Waals surface area contributed by atoms with Crippen LogP contribution in [-0.4, -0.2) is 9.97 Å². The van der Waals surface area contributed by atoms with Crippen LogP contribution in [-0.2, 0) is 0 Å². The van der Waals surface area contributed by atoms with Gasteiger partial charge < -0.3 is 4.42 Å². The molecule has 0 amide bonds. The van der Waals surface area contributed by atoms with E-state index < -0.39 is 0 Å². The van der Waals surface area contributed by atoms with E-state index in [9.17, 15) is 0 Å².